The van der Waals surface area contributed by atoms with E-state index in [1.54, 1.807) is 12.1 Å². The van der Waals surface area contributed by atoms with Crippen molar-refractivity contribution in [1.82, 2.24) is 0 Å². The zero-order chi connectivity index (χ0) is 21.5. The first-order valence-electron chi connectivity index (χ1n) is 10.3. The predicted molar refractivity (Wildman–Crippen MR) is 123 cm³/mol. The molecular formula is C27H23NO3. The molecule has 4 rings (SSSR count). The number of esters is 1. The minimum Gasteiger partial charge on any atom is -0.426 e. The van der Waals surface area contributed by atoms with Crippen LogP contribution in [0.1, 0.15) is 28.8 Å². The molecule has 0 radical (unpaired) electrons. The summed E-state index contributed by atoms with van der Waals surface area (Å²) in [5, 5.41) is 4.69. The van der Waals surface area contributed by atoms with E-state index in [1.807, 2.05) is 84.9 Å². The van der Waals surface area contributed by atoms with Gasteiger partial charge in [-0.2, -0.15) is 0 Å². The lowest BCUT2D eigenvalue weighted by Crippen LogP contribution is -2.16. The monoisotopic (exact) mass is 409 g/mol. The lowest BCUT2D eigenvalue weighted by atomic mass is 10.0. The summed E-state index contributed by atoms with van der Waals surface area (Å²) in [7, 11) is 0. The van der Waals surface area contributed by atoms with Crippen LogP contribution in [0, 0.1) is 0 Å². The minimum atomic E-state index is -0.347. The van der Waals surface area contributed by atoms with Crippen molar-refractivity contribution < 1.29 is 14.3 Å². The Hall–Kier alpha value is -3.92. The molecule has 31 heavy (non-hydrogen) atoms. The number of para-hydroxylation sites is 1. The summed E-state index contributed by atoms with van der Waals surface area (Å²) in [5.74, 6) is -0.388. The fourth-order valence-electron chi connectivity index (χ4n) is 3.46. The number of rotatable bonds is 7. The van der Waals surface area contributed by atoms with Gasteiger partial charge in [0.15, 0.2) is 0 Å². The van der Waals surface area contributed by atoms with Crippen molar-refractivity contribution in [2.24, 2.45) is 0 Å². The van der Waals surface area contributed by atoms with E-state index >= 15 is 0 Å². The molecule has 0 heterocycles. The quantitative estimate of drug-likeness (QED) is 0.300. The van der Waals surface area contributed by atoms with Crippen LogP contribution in [0.5, 0.6) is 5.75 Å². The Morgan fingerprint density at radius 3 is 2.06 bits per heavy atom. The highest BCUT2D eigenvalue weighted by molar-refractivity contribution is 6.09. The molecule has 0 fully saturated rings. The average molecular weight is 409 g/mol. The topological polar surface area (TPSA) is 55.4 Å². The number of fused-ring (bicyclic) bond motifs is 1. The van der Waals surface area contributed by atoms with Crippen LogP contribution < -0.4 is 10.1 Å². The lowest BCUT2D eigenvalue weighted by Gasteiger charge is -2.12. The van der Waals surface area contributed by atoms with Crippen molar-refractivity contribution in [2.45, 2.75) is 19.3 Å². The standard InChI is InChI=1S/C27H23NO3/c29-26(17-9-12-20-10-3-1-4-11-20)31-25-19-22-14-8-7-13-21(22)18-24(25)27(30)28-23-15-5-2-6-16-23/h1-8,10-11,13-16,18-19H,9,12,17H2,(H,28,30). The van der Waals surface area contributed by atoms with Gasteiger partial charge in [0.25, 0.3) is 5.91 Å². The van der Waals surface area contributed by atoms with E-state index in [1.165, 1.54) is 5.56 Å². The maximum Gasteiger partial charge on any atom is 0.311 e. The molecule has 1 N–H and O–H groups in total. The predicted octanol–water partition coefficient (Wildman–Crippen LogP) is 6.02. The first-order valence-corrected chi connectivity index (χ1v) is 10.3. The highest BCUT2D eigenvalue weighted by Crippen LogP contribution is 2.27. The largest absolute Gasteiger partial charge is 0.426 e. The van der Waals surface area contributed by atoms with E-state index < -0.39 is 0 Å². The molecule has 0 aliphatic heterocycles. The summed E-state index contributed by atoms with van der Waals surface area (Å²) in [6, 6.07) is 30.4. The first-order chi connectivity index (χ1) is 15.2. The zero-order valence-corrected chi connectivity index (χ0v) is 17.1. The van der Waals surface area contributed by atoms with Crippen LogP contribution in [0.2, 0.25) is 0 Å². The lowest BCUT2D eigenvalue weighted by molar-refractivity contribution is -0.134. The Morgan fingerprint density at radius 2 is 1.35 bits per heavy atom. The molecule has 0 aromatic heterocycles. The molecule has 0 saturated heterocycles. The molecule has 4 heteroatoms. The number of aryl methyl sites for hydroxylation is 1. The van der Waals surface area contributed by atoms with Gasteiger partial charge >= 0.3 is 5.97 Å². The average Bonchev–Trinajstić information content (AvgIpc) is 2.80. The van der Waals surface area contributed by atoms with Crippen LogP contribution in [0.3, 0.4) is 0 Å². The molecular weight excluding hydrogens is 386 g/mol. The van der Waals surface area contributed by atoms with Crippen molar-refractivity contribution >= 4 is 28.3 Å². The third kappa shape index (κ3) is 5.37. The van der Waals surface area contributed by atoms with E-state index in [0.29, 0.717) is 17.7 Å². The second kappa shape index (κ2) is 9.72. The highest BCUT2D eigenvalue weighted by atomic mass is 16.5. The summed E-state index contributed by atoms with van der Waals surface area (Å²) < 4.78 is 5.65. The number of anilines is 1. The number of carbonyl (C=O) groups is 2. The molecule has 4 aromatic rings. The second-order valence-corrected chi connectivity index (χ2v) is 7.33. The van der Waals surface area contributed by atoms with Gasteiger partial charge in [0, 0.05) is 12.1 Å². The third-order valence-electron chi connectivity index (χ3n) is 5.04. The van der Waals surface area contributed by atoms with Crippen molar-refractivity contribution in [3.05, 3.63) is 108 Å². The van der Waals surface area contributed by atoms with Gasteiger partial charge in [-0.3, -0.25) is 9.59 Å². The molecule has 4 nitrogen and oxygen atoms in total. The fourth-order valence-corrected chi connectivity index (χ4v) is 3.46. The van der Waals surface area contributed by atoms with Crippen molar-refractivity contribution in [3.8, 4) is 5.75 Å². The molecule has 0 bridgehead atoms. The molecule has 4 aromatic carbocycles. The number of benzene rings is 4. The van der Waals surface area contributed by atoms with Gasteiger partial charge in [0.2, 0.25) is 0 Å². The number of ether oxygens (including phenoxy) is 1. The van der Waals surface area contributed by atoms with Crippen molar-refractivity contribution in [1.29, 1.82) is 0 Å². The number of hydrogen-bond acceptors (Lipinski definition) is 3. The molecule has 0 aliphatic carbocycles. The maximum absolute atomic E-state index is 13.0. The zero-order valence-electron chi connectivity index (χ0n) is 17.1. The summed E-state index contributed by atoms with van der Waals surface area (Å²) in [6.45, 7) is 0. The van der Waals surface area contributed by atoms with E-state index in [0.717, 1.165) is 17.2 Å². The Bertz CT molecular complexity index is 1190. The minimum absolute atomic E-state index is 0.275. The van der Waals surface area contributed by atoms with Crippen LogP contribution in [0.4, 0.5) is 5.69 Å². The highest BCUT2D eigenvalue weighted by Gasteiger charge is 2.17. The Labute approximate surface area is 181 Å². The van der Waals surface area contributed by atoms with Crippen LogP contribution in [-0.2, 0) is 11.2 Å². The summed E-state index contributed by atoms with van der Waals surface area (Å²) in [6.07, 6.45) is 1.76. The smallest absolute Gasteiger partial charge is 0.311 e. The Kier molecular flexibility index (Phi) is 6.38. The number of carbonyl (C=O) groups excluding carboxylic acids is 2. The number of amides is 1. The molecule has 0 saturated carbocycles. The fraction of sp³-hybridized carbons (Fsp3) is 0.111. The SMILES string of the molecule is O=C(CCCc1ccccc1)Oc1cc2ccccc2cc1C(=O)Nc1ccccc1. The Balaban J connectivity index is 1.51. The summed E-state index contributed by atoms with van der Waals surface area (Å²) in [5.41, 5.74) is 2.20. The van der Waals surface area contributed by atoms with E-state index in [9.17, 15) is 9.59 Å². The molecule has 0 atom stereocenters. The van der Waals surface area contributed by atoms with Crippen molar-refractivity contribution in [2.75, 3.05) is 5.32 Å². The summed E-state index contributed by atoms with van der Waals surface area (Å²) in [4.78, 5) is 25.5. The normalized spacial score (nSPS) is 10.6. The number of nitrogens with one attached hydrogen (secondary N) is 1. The molecule has 154 valence electrons. The van der Waals surface area contributed by atoms with E-state index in [2.05, 4.69) is 5.32 Å². The first kappa shape index (κ1) is 20.4. The van der Waals surface area contributed by atoms with Crippen LogP contribution in [0.15, 0.2) is 97.1 Å². The van der Waals surface area contributed by atoms with Crippen LogP contribution >= 0.6 is 0 Å². The van der Waals surface area contributed by atoms with E-state index in [4.69, 9.17) is 4.74 Å². The van der Waals surface area contributed by atoms with Gasteiger partial charge in [-0.1, -0.05) is 72.8 Å². The van der Waals surface area contributed by atoms with E-state index in [-0.39, 0.29) is 24.0 Å². The Morgan fingerprint density at radius 1 is 0.742 bits per heavy atom. The number of hydrogen-bond donors (Lipinski definition) is 1. The molecule has 1 amide bonds. The molecule has 0 aliphatic rings. The molecule has 0 spiro atoms. The van der Waals surface area contributed by atoms with Gasteiger partial charge in [0.05, 0.1) is 5.56 Å². The van der Waals surface area contributed by atoms with Gasteiger partial charge in [-0.15, -0.1) is 0 Å². The van der Waals surface area contributed by atoms with Crippen LogP contribution in [-0.4, -0.2) is 11.9 Å². The van der Waals surface area contributed by atoms with Gasteiger partial charge < -0.3 is 10.1 Å². The van der Waals surface area contributed by atoms with Crippen LogP contribution in [0.25, 0.3) is 10.8 Å². The second-order valence-electron chi connectivity index (χ2n) is 7.33. The maximum atomic E-state index is 13.0. The van der Waals surface area contributed by atoms with Crippen molar-refractivity contribution in [3.63, 3.8) is 0 Å². The summed E-state index contributed by atoms with van der Waals surface area (Å²) >= 11 is 0. The van der Waals surface area contributed by atoms with Gasteiger partial charge in [0.1, 0.15) is 5.75 Å². The third-order valence-corrected chi connectivity index (χ3v) is 5.04. The van der Waals surface area contributed by atoms with Gasteiger partial charge in [-0.05, 0) is 53.4 Å². The van der Waals surface area contributed by atoms with Gasteiger partial charge in [-0.25, -0.2) is 0 Å². The molecule has 0 unspecified atom stereocenters.